The molecule has 1 aliphatic carbocycles. The number of fused-ring (bicyclic) bond motifs is 1. The van der Waals surface area contributed by atoms with Gasteiger partial charge < -0.3 is 5.32 Å². The number of rotatable bonds is 6. The van der Waals surface area contributed by atoms with Crippen LogP contribution in [0.5, 0.6) is 0 Å². The Morgan fingerprint density at radius 2 is 1.47 bits per heavy atom. The van der Waals surface area contributed by atoms with Crippen LogP contribution in [0.1, 0.15) is 25.7 Å². The van der Waals surface area contributed by atoms with Crippen molar-refractivity contribution in [3.8, 4) is 11.1 Å². The molecule has 0 unspecified atom stereocenters. The maximum absolute atomic E-state index is 13.0. The minimum absolute atomic E-state index is 0.0650. The molecule has 1 aliphatic rings. The van der Waals surface area contributed by atoms with E-state index in [2.05, 4.69) is 15.0 Å². The highest BCUT2D eigenvalue weighted by molar-refractivity contribution is 7.89. The van der Waals surface area contributed by atoms with E-state index >= 15 is 0 Å². The van der Waals surface area contributed by atoms with E-state index in [4.69, 9.17) is 11.6 Å². The lowest BCUT2D eigenvalue weighted by molar-refractivity contribution is 0.387. The Bertz CT molecular complexity index is 1380. The Morgan fingerprint density at radius 3 is 2.21 bits per heavy atom. The molecular formula is C27H26ClN3O2S. The lowest BCUT2D eigenvalue weighted by atomic mass is 9.91. The van der Waals surface area contributed by atoms with Gasteiger partial charge in [-0.1, -0.05) is 54.1 Å². The van der Waals surface area contributed by atoms with Crippen LogP contribution in [-0.4, -0.2) is 25.5 Å². The Balaban J connectivity index is 1.20. The van der Waals surface area contributed by atoms with Crippen LogP contribution in [0.25, 0.3) is 22.0 Å². The molecule has 0 bridgehead atoms. The van der Waals surface area contributed by atoms with Crippen molar-refractivity contribution >= 4 is 38.2 Å². The molecular weight excluding hydrogens is 466 g/mol. The van der Waals surface area contributed by atoms with Crippen molar-refractivity contribution in [2.75, 3.05) is 5.32 Å². The van der Waals surface area contributed by atoms with Gasteiger partial charge in [-0.05, 0) is 73.2 Å². The molecule has 174 valence electrons. The molecule has 0 atom stereocenters. The summed E-state index contributed by atoms with van der Waals surface area (Å²) in [7, 11) is -3.56. The van der Waals surface area contributed by atoms with E-state index < -0.39 is 10.0 Å². The van der Waals surface area contributed by atoms with Crippen molar-refractivity contribution in [1.29, 1.82) is 0 Å². The number of anilines is 1. The molecule has 4 aromatic rings. The highest BCUT2D eigenvalue weighted by atomic mass is 35.5. The van der Waals surface area contributed by atoms with Crippen LogP contribution < -0.4 is 10.0 Å². The Labute approximate surface area is 205 Å². The number of benzene rings is 3. The van der Waals surface area contributed by atoms with Gasteiger partial charge in [-0.3, -0.25) is 4.98 Å². The van der Waals surface area contributed by atoms with Crippen molar-refractivity contribution in [3.05, 3.63) is 90.1 Å². The molecule has 0 radical (unpaired) electrons. The number of halogens is 1. The minimum atomic E-state index is -3.56. The van der Waals surface area contributed by atoms with Gasteiger partial charge >= 0.3 is 0 Å². The van der Waals surface area contributed by atoms with Crippen LogP contribution in [0.3, 0.4) is 0 Å². The third kappa shape index (κ3) is 5.09. The zero-order chi connectivity index (χ0) is 23.5. The van der Waals surface area contributed by atoms with E-state index in [1.807, 2.05) is 66.7 Å². The number of nitrogens with zero attached hydrogens (tertiary/aromatic N) is 1. The molecule has 0 amide bonds. The molecule has 1 heterocycles. The molecule has 34 heavy (non-hydrogen) atoms. The van der Waals surface area contributed by atoms with Crippen LogP contribution in [-0.2, 0) is 10.0 Å². The summed E-state index contributed by atoms with van der Waals surface area (Å²) >= 11 is 6.10. The second-order valence-corrected chi connectivity index (χ2v) is 10.9. The summed E-state index contributed by atoms with van der Waals surface area (Å²) < 4.78 is 28.8. The van der Waals surface area contributed by atoms with Gasteiger partial charge in [0.15, 0.2) is 0 Å². The fraction of sp³-hybridized carbons (Fsp3) is 0.222. The van der Waals surface area contributed by atoms with Crippen molar-refractivity contribution < 1.29 is 8.42 Å². The minimum Gasteiger partial charge on any atom is -0.382 e. The van der Waals surface area contributed by atoms with Crippen LogP contribution in [0, 0.1) is 0 Å². The Kier molecular flexibility index (Phi) is 6.55. The molecule has 5 nitrogen and oxygen atoms in total. The van der Waals surface area contributed by atoms with E-state index in [1.54, 1.807) is 18.3 Å². The second-order valence-electron chi connectivity index (χ2n) is 8.72. The highest BCUT2D eigenvalue weighted by Gasteiger charge is 2.26. The van der Waals surface area contributed by atoms with Gasteiger partial charge in [0.1, 0.15) is 0 Å². The Morgan fingerprint density at radius 1 is 0.794 bits per heavy atom. The van der Waals surface area contributed by atoms with Crippen molar-refractivity contribution in [2.24, 2.45) is 0 Å². The predicted molar refractivity (Wildman–Crippen MR) is 139 cm³/mol. The molecule has 1 aromatic heterocycles. The van der Waals surface area contributed by atoms with Crippen molar-refractivity contribution in [1.82, 2.24) is 9.71 Å². The van der Waals surface area contributed by atoms with E-state index in [9.17, 15) is 8.42 Å². The van der Waals surface area contributed by atoms with Crippen LogP contribution >= 0.6 is 11.6 Å². The summed E-state index contributed by atoms with van der Waals surface area (Å²) in [5, 5.41) is 5.32. The average molecular weight is 492 g/mol. The lowest BCUT2D eigenvalue weighted by Gasteiger charge is -2.30. The maximum atomic E-state index is 13.0. The first-order valence-electron chi connectivity index (χ1n) is 11.5. The largest absolute Gasteiger partial charge is 0.382 e. The van der Waals surface area contributed by atoms with Gasteiger partial charge in [0.05, 0.1) is 10.4 Å². The lowest BCUT2D eigenvalue weighted by Crippen LogP contribution is -2.40. The molecule has 2 N–H and O–H groups in total. The molecule has 1 saturated carbocycles. The van der Waals surface area contributed by atoms with E-state index in [0.29, 0.717) is 9.92 Å². The highest BCUT2D eigenvalue weighted by Crippen LogP contribution is 2.29. The van der Waals surface area contributed by atoms with Gasteiger partial charge in [-0.25, -0.2) is 13.1 Å². The molecule has 0 spiro atoms. The average Bonchev–Trinajstić information content (AvgIpc) is 2.86. The fourth-order valence-electron chi connectivity index (χ4n) is 4.57. The normalized spacial score (nSPS) is 18.6. The van der Waals surface area contributed by atoms with Crippen LogP contribution in [0.2, 0.25) is 5.02 Å². The fourth-order valence-corrected chi connectivity index (χ4v) is 6.04. The number of pyridine rings is 1. The van der Waals surface area contributed by atoms with E-state index in [0.717, 1.165) is 53.4 Å². The smallest absolute Gasteiger partial charge is 0.240 e. The number of nitrogens with one attached hydrogen (secondary N) is 2. The molecule has 0 saturated heterocycles. The van der Waals surface area contributed by atoms with Gasteiger partial charge in [-0.2, -0.15) is 0 Å². The van der Waals surface area contributed by atoms with Crippen molar-refractivity contribution in [3.63, 3.8) is 0 Å². The SMILES string of the molecule is O=S(=O)(NC1CCC(Nc2ccnc3cc(Cl)ccc23)CC1)c1ccc(-c2ccccc2)cc1. The summed E-state index contributed by atoms with van der Waals surface area (Å²) in [4.78, 5) is 4.70. The summed E-state index contributed by atoms with van der Waals surface area (Å²) in [5.74, 6) is 0. The van der Waals surface area contributed by atoms with E-state index in [1.165, 1.54) is 0 Å². The number of hydrogen-bond donors (Lipinski definition) is 2. The predicted octanol–water partition coefficient (Wildman–Crippen LogP) is 6.26. The van der Waals surface area contributed by atoms with Gasteiger partial charge in [0.25, 0.3) is 0 Å². The maximum Gasteiger partial charge on any atom is 0.240 e. The summed E-state index contributed by atoms with van der Waals surface area (Å²) in [6, 6.07) is 24.9. The zero-order valence-electron chi connectivity index (χ0n) is 18.6. The standard InChI is InChI=1S/C27H26ClN3O2S/c28-21-8-15-25-26(16-17-29-27(25)18-21)30-22-9-11-23(12-10-22)31-34(32,33)24-13-6-20(7-14-24)19-4-2-1-3-5-19/h1-8,13-18,22-23,31H,9-12H2,(H,29,30). The van der Waals surface area contributed by atoms with Gasteiger partial charge in [-0.15, -0.1) is 0 Å². The second kappa shape index (κ2) is 9.74. The first-order chi connectivity index (χ1) is 16.5. The summed E-state index contributed by atoms with van der Waals surface area (Å²) in [6.07, 6.45) is 5.13. The van der Waals surface area contributed by atoms with Crippen LogP contribution in [0.15, 0.2) is 90.0 Å². The third-order valence-electron chi connectivity index (χ3n) is 6.39. The molecule has 0 aliphatic heterocycles. The number of aromatic nitrogens is 1. The van der Waals surface area contributed by atoms with Crippen molar-refractivity contribution in [2.45, 2.75) is 42.7 Å². The first-order valence-corrected chi connectivity index (χ1v) is 13.3. The quantitative estimate of drug-likeness (QED) is 0.334. The molecule has 5 rings (SSSR count). The van der Waals surface area contributed by atoms with E-state index in [-0.39, 0.29) is 12.1 Å². The number of sulfonamides is 1. The summed E-state index contributed by atoms with van der Waals surface area (Å²) in [6.45, 7) is 0. The third-order valence-corrected chi connectivity index (χ3v) is 8.16. The van der Waals surface area contributed by atoms with Crippen LogP contribution in [0.4, 0.5) is 5.69 Å². The molecule has 1 fully saturated rings. The topological polar surface area (TPSA) is 71.1 Å². The Hall–Kier alpha value is -2.93. The first kappa shape index (κ1) is 22.8. The molecule has 3 aromatic carbocycles. The van der Waals surface area contributed by atoms with Gasteiger partial charge in [0.2, 0.25) is 10.0 Å². The molecule has 7 heteroatoms. The monoisotopic (exact) mass is 491 g/mol. The summed E-state index contributed by atoms with van der Waals surface area (Å²) in [5.41, 5.74) is 3.95. The van der Waals surface area contributed by atoms with Gasteiger partial charge in [0, 0.05) is 34.4 Å². The zero-order valence-corrected chi connectivity index (χ0v) is 20.2. The number of hydrogen-bond acceptors (Lipinski definition) is 4.